The van der Waals surface area contributed by atoms with Crippen molar-refractivity contribution < 1.29 is 14.4 Å². The molecule has 0 radical (unpaired) electrons. The number of fused-ring (bicyclic) bond motifs is 1. The smallest absolute Gasteiger partial charge is 0.324 e. The molecule has 4 amide bonds. The Labute approximate surface area is 208 Å². The van der Waals surface area contributed by atoms with Gasteiger partial charge >= 0.3 is 6.03 Å². The molecule has 190 valence electrons. The third-order valence-electron chi connectivity index (χ3n) is 6.56. The van der Waals surface area contributed by atoms with E-state index in [4.69, 9.17) is 5.73 Å². The van der Waals surface area contributed by atoms with Gasteiger partial charge in [-0.2, -0.15) is 0 Å². The van der Waals surface area contributed by atoms with Crippen molar-refractivity contribution in [2.45, 2.75) is 38.6 Å². The van der Waals surface area contributed by atoms with Gasteiger partial charge in [0.25, 0.3) is 0 Å². The summed E-state index contributed by atoms with van der Waals surface area (Å²) in [5.41, 5.74) is 6.84. The lowest BCUT2D eigenvalue weighted by atomic mass is 9.77. The Hall–Kier alpha value is -2.10. The predicted molar refractivity (Wildman–Crippen MR) is 139 cm³/mol. The van der Waals surface area contributed by atoms with Crippen molar-refractivity contribution in [3.63, 3.8) is 0 Å². The highest BCUT2D eigenvalue weighted by atomic mass is 32.2. The fraction of sp³-hybridized carbons (Fsp3) is 0.640. The van der Waals surface area contributed by atoms with Crippen LogP contribution in [0.15, 0.2) is 35.3 Å². The fourth-order valence-electron chi connectivity index (χ4n) is 4.94. The Kier molecular flexibility index (Phi) is 10.9. The molecule has 3 atom stereocenters. The largest absolute Gasteiger partial charge is 0.366 e. The predicted octanol–water partition coefficient (Wildman–Crippen LogP) is 2.44. The van der Waals surface area contributed by atoms with Crippen LogP contribution in [0, 0.1) is 11.8 Å². The number of amides is 4. The number of imide groups is 1. The van der Waals surface area contributed by atoms with Gasteiger partial charge in [-0.15, -0.1) is 11.8 Å². The number of carbonyl (C=O) groups excluding carboxylic acids is 3. The second-order valence-corrected chi connectivity index (χ2v) is 10.6. The number of allylic oxidation sites excluding steroid dienone is 1. The molecule has 1 fully saturated rings. The second kappa shape index (κ2) is 13.1. The Morgan fingerprint density at radius 2 is 2.00 bits per heavy atom. The molecule has 34 heavy (non-hydrogen) atoms. The van der Waals surface area contributed by atoms with E-state index in [1.54, 1.807) is 17.8 Å². The molecule has 0 unspecified atom stereocenters. The lowest BCUT2D eigenvalue weighted by molar-refractivity contribution is -0.136. The van der Waals surface area contributed by atoms with E-state index in [-0.39, 0.29) is 29.8 Å². The minimum absolute atomic E-state index is 0.133. The summed E-state index contributed by atoms with van der Waals surface area (Å²) in [4.78, 5) is 44.9. The molecule has 2 rings (SSSR count). The number of piperidine rings is 1. The van der Waals surface area contributed by atoms with Gasteiger partial charge in [0.05, 0.1) is 11.5 Å². The van der Waals surface area contributed by atoms with Gasteiger partial charge in [0.15, 0.2) is 0 Å². The monoisotopic (exact) mass is 491 g/mol. The van der Waals surface area contributed by atoms with Gasteiger partial charge in [-0.05, 0) is 64.1 Å². The molecule has 0 spiro atoms. The third kappa shape index (κ3) is 7.20. The summed E-state index contributed by atoms with van der Waals surface area (Å²) < 4.78 is 0. The molecule has 1 saturated heterocycles. The van der Waals surface area contributed by atoms with Crippen LogP contribution in [0.3, 0.4) is 0 Å². The highest BCUT2D eigenvalue weighted by molar-refractivity contribution is 8.03. The van der Waals surface area contributed by atoms with E-state index in [0.717, 1.165) is 17.1 Å². The van der Waals surface area contributed by atoms with Crippen LogP contribution < -0.4 is 11.1 Å². The van der Waals surface area contributed by atoms with Crippen molar-refractivity contribution in [2.24, 2.45) is 17.6 Å². The molecule has 2 heterocycles. The molecule has 3 N–H and O–H groups in total. The summed E-state index contributed by atoms with van der Waals surface area (Å²) in [6.07, 6.45) is 4.54. The minimum Gasteiger partial charge on any atom is -0.366 e. The summed E-state index contributed by atoms with van der Waals surface area (Å²) in [5.74, 6) is 0.0437. The molecule has 0 aliphatic carbocycles. The van der Waals surface area contributed by atoms with E-state index < -0.39 is 5.91 Å². The number of nitrogens with zero attached hydrogens (tertiary/aromatic N) is 3. The summed E-state index contributed by atoms with van der Waals surface area (Å²) >= 11 is 1.58. The van der Waals surface area contributed by atoms with Crippen molar-refractivity contribution in [1.29, 1.82) is 0 Å². The summed E-state index contributed by atoms with van der Waals surface area (Å²) in [6, 6.07) is -0.0662. The van der Waals surface area contributed by atoms with Crippen molar-refractivity contribution in [1.82, 2.24) is 20.0 Å². The molecule has 9 heteroatoms. The van der Waals surface area contributed by atoms with Crippen molar-refractivity contribution >= 4 is 29.6 Å². The molecule has 0 aromatic carbocycles. The van der Waals surface area contributed by atoms with Crippen LogP contribution in [0.1, 0.15) is 32.6 Å². The lowest BCUT2D eigenvalue weighted by Gasteiger charge is -2.43. The number of hydrogen-bond donors (Lipinski definition) is 2. The fourth-order valence-corrected chi connectivity index (χ4v) is 6.03. The van der Waals surface area contributed by atoms with Crippen LogP contribution in [0.25, 0.3) is 0 Å². The van der Waals surface area contributed by atoms with E-state index in [9.17, 15) is 14.4 Å². The Morgan fingerprint density at radius 3 is 2.59 bits per heavy atom. The first-order valence-electron chi connectivity index (χ1n) is 12.0. The average Bonchev–Trinajstić information content (AvgIpc) is 2.83. The van der Waals surface area contributed by atoms with Gasteiger partial charge in [-0.3, -0.25) is 14.5 Å². The summed E-state index contributed by atoms with van der Waals surface area (Å²) in [7, 11) is 5.92. The zero-order valence-corrected chi connectivity index (χ0v) is 22.0. The Morgan fingerprint density at radius 1 is 1.29 bits per heavy atom. The molecule has 8 nitrogen and oxygen atoms in total. The second-order valence-electron chi connectivity index (χ2n) is 9.48. The molecule has 0 bridgehead atoms. The number of likely N-dealkylation sites (tertiary alicyclic amines) is 1. The maximum Gasteiger partial charge on any atom is 0.324 e. The van der Waals surface area contributed by atoms with Crippen LogP contribution in [-0.4, -0.2) is 91.7 Å². The summed E-state index contributed by atoms with van der Waals surface area (Å²) in [5, 5.41) is 2.88. The molecule has 2 aliphatic heterocycles. The van der Waals surface area contributed by atoms with E-state index in [2.05, 4.69) is 23.4 Å². The topological polar surface area (TPSA) is 99.0 Å². The highest BCUT2D eigenvalue weighted by Gasteiger charge is 2.40. The molecular weight excluding hydrogens is 450 g/mol. The third-order valence-corrected chi connectivity index (χ3v) is 7.68. The van der Waals surface area contributed by atoms with Gasteiger partial charge in [0, 0.05) is 37.1 Å². The summed E-state index contributed by atoms with van der Waals surface area (Å²) in [6.45, 7) is 12.2. The van der Waals surface area contributed by atoms with E-state index in [1.165, 1.54) is 4.90 Å². The maximum absolute atomic E-state index is 13.5. The van der Waals surface area contributed by atoms with Crippen LogP contribution >= 0.6 is 11.8 Å². The van der Waals surface area contributed by atoms with Crippen molar-refractivity contribution in [3.8, 4) is 0 Å². The van der Waals surface area contributed by atoms with E-state index in [0.29, 0.717) is 56.6 Å². The SMILES string of the molecule is C=C/C1=C(\C(N)=O)C(=C)C[C@H]2C[C@@H](C(=O)N(CCC)C(=O)NCCN(C)C)CN(C)[C@@H]2CCS1. The minimum atomic E-state index is -0.494. The van der Waals surface area contributed by atoms with E-state index >= 15 is 0 Å². The molecule has 0 aromatic rings. The van der Waals surface area contributed by atoms with Gasteiger partial charge in [-0.25, -0.2) is 4.79 Å². The Bertz CT molecular complexity index is 825. The Balaban J connectivity index is 2.21. The van der Waals surface area contributed by atoms with Crippen molar-refractivity contribution in [3.05, 3.63) is 35.3 Å². The van der Waals surface area contributed by atoms with Gasteiger partial charge < -0.3 is 20.9 Å². The number of nitrogens with one attached hydrogen (secondary N) is 1. The van der Waals surface area contributed by atoms with Gasteiger partial charge in [0.1, 0.15) is 0 Å². The van der Waals surface area contributed by atoms with E-state index in [1.807, 2.05) is 33.0 Å². The molecule has 0 saturated carbocycles. The first-order chi connectivity index (χ1) is 16.1. The van der Waals surface area contributed by atoms with Gasteiger partial charge in [0.2, 0.25) is 11.8 Å². The number of carbonyl (C=O) groups is 3. The number of urea groups is 1. The standard InChI is InChI=1S/C25H41N5O3S/c1-7-11-30(25(33)27-10-12-28(4)5)24(32)19-15-18-14-17(3)22(23(26)31)21(8-2)34-13-9-20(18)29(6)16-19/h8,18-20H,2-3,7,9-16H2,1,4-6H3,(H2,26,31)(H,27,33)/b22-21+/t18-,19+,20+/m0/s1. The van der Waals surface area contributed by atoms with Crippen LogP contribution in [0.2, 0.25) is 0 Å². The van der Waals surface area contributed by atoms with Crippen LogP contribution in [0.5, 0.6) is 0 Å². The molecule has 2 aliphatic rings. The molecular formula is C25H41N5O3S. The quantitative estimate of drug-likeness (QED) is 0.541. The first kappa shape index (κ1) is 28.1. The number of rotatable bonds is 8. The average molecular weight is 492 g/mol. The molecule has 0 aromatic heterocycles. The van der Waals surface area contributed by atoms with Crippen LogP contribution in [-0.2, 0) is 9.59 Å². The zero-order chi connectivity index (χ0) is 25.4. The van der Waals surface area contributed by atoms with Crippen LogP contribution in [0.4, 0.5) is 4.79 Å². The normalized spacial score (nSPS) is 26.1. The zero-order valence-electron chi connectivity index (χ0n) is 21.1. The first-order valence-corrected chi connectivity index (χ1v) is 13.0. The lowest BCUT2D eigenvalue weighted by Crippen LogP contribution is -2.54. The number of nitrogens with two attached hydrogens (primary N) is 1. The number of likely N-dealkylation sites (N-methyl/N-ethyl adjacent to an activating group) is 1. The number of thioether (sulfide) groups is 1. The van der Waals surface area contributed by atoms with Crippen molar-refractivity contribution in [2.75, 3.05) is 53.1 Å². The maximum atomic E-state index is 13.5. The van der Waals surface area contributed by atoms with Gasteiger partial charge in [-0.1, -0.05) is 26.2 Å². The number of hydrogen-bond acceptors (Lipinski definition) is 6. The number of primary amides is 1. The highest BCUT2D eigenvalue weighted by Crippen LogP contribution is 2.39.